The van der Waals surface area contributed by atoms with Gasteiger partial charge in [0.1, 0.15) is 18.7 Å². The van der Waals surface area contributed by atoms with E-state index in [-0.39, 0.29) is 0 Å². The summed E-state index contributed by atoms with van der Waals surface area (Å²) in [5.74, 6) is 2.12. The number of hydrogen-bond acceptors (Lipinski definition) is 9. The van der Waals surface area contributed by atoms with Crippen molar-refractivity contribution in [3.63, 3.8) is 0 Å². The van der Waals surface area contributed by atoms with Crippen LogP contribution in [0.2, 0.25) is 0 Å². The van der Waals surface area contributed by atoms with E-state index in [4.69, 9.17) is 9.72 Å². The zero-order valence-corrected chi connectivity index (χ0v) is 18.9. The molecule has 0 aliphatic carbocycles. The topological polar surface area (TPSA) is 94.7 Å². The highest BCUT2D eigenvalue weighted by molar-refractivity contribution is 7.09. The van der Waals surface area contributed by atoms with E-state index in [0.29, 0.717) is 12.5 Å². The van der Waals surface area contributed by atoms with Crippen LogP contribution in [0, 0.1) is 13.8 Å². The van der Waals surface area contributed by atoms with Gasteiger partial charge >= 0.3 is 0 Å². The van der Waals surface area contributed by atoms with Crippen LogP contribution in [0.15, 0.2) is 42.0 Å². The molecule has 1 aliphatic heterocycles. The summed E-state index contributed by atoms with van der Waals surface area (Å²) in [5.41, 5.74) is 3.89. The minimum atomic E-state index is 0.454. The number of nitrogens with zero attached hydrogens (tertiary/aromatic N) is 8. The molecule has 1 aromatic carbocycles. The first-order valence-electron chi connectivity index (χ1n) is 10.6. The van der Waals surface area contributed by atoms with Crippen LogP contribution < -0.4 is 9.64 Å². The maximum absolute atomic E-state index is 5.92. The second kappa shape index (κ2) is 8.99. The Bertz CT molecular complexity index is 1150. The zero-order chi connectivity index (χ0) is 21.9. The molecule has 0 saturated carbocycles. The zero-order valence-electron chi connectivity index (χ0n) is 18.0. The molecule has 1 saturated heterocycles. The first kappa shape index (κ1) is 20.5. The predicted molar refractivity (Wildman–Crippen MR) is 121 cm³/mol. The van der Waals surface area contributed by atoms with Crippen molar-refractivity contribution < 1.29 is 4.74 Å². The van der Waals surface area contributed by atoms with Crippen LogP contribution >= 0.6 is 11.3 Å². The molecular weight excluding hydrogens is 424 g/mol. The fourth-order valence-corrected chi connectivity index (χ4v) is 4.86. The monoisotopic (exact) mass is 448 g/mol. The van der Waals surface area contributed by atoms with E-state index in [1.54, 1.807) is 22.3 Å². The van der Waals surface area contributed by atoms with Gasteiger partial charge in [-0.05, 0) is 67.4 Å². The molecule has 0 amide bonds. The summed E-state index contributed by atoms with van der Waals surface area (Å²) < 4.78 is 7.53. The highest BCUT2D eigenvalue weighted by atomic mass is 32.1. The summed E-state index contributed by atoms with van der Waals surface area (Å²) in [7, 11) is 0. The quantitative estimate of drug-likeness (QED) is 0.442. The number of tetrazole rings is 1. The maximum Gasteiger partial charge on any atom is 0.225 e. The Morgan fingerprint density at radius 2 is 1.78 bits per heavy atom. The van der Waals surface area contributed by atoms with Crippen molar-refractivity contribution in [3.05, 3.63) is 64.1 Å². The third-order valence-electron chi connectivity index (χ3n) is 5.50. The molecule has 10 heteroatoms. The Kier molecular flexibility index (Phi) is 5.76. The fraction of sp³-hybridized carbons (Fsp3) is 0.364. The van der Waals surface area contributed by atoms with E-state index in [9.17, 15) is 0 Å². The number of piperidine rings is 1. The second-order valence-electron chi connectivity index (χ2n) is 7.93. The SMILES string of the molecule is Cc1cc(C)nc(N2CCC(c3nc(COc4ccc(-n5cnnn5)cc4)cs3)CC2)n1. The van der Waals surface area contributed by atoms with Gasteiger partial charge in [0.2, 0.25) is 5.95 Å². The molecule has 164 valence electrons. The minimum absolute atomic E-state index is 0.454. The molecule has 3 aromatic heterocycles. The van der Waals surface area contributed by atoms with E-state index >= 15 is 0 Å². The summed E-state index contributed by atoms with van der Waals surface area (Å²) in [6.07, 6.45) is 3.68. The Balaban J connectivity index is 1.15. The third-order valence-corrected chi connectivity index (χ3v) is 6.56. The van der Waals surface area contributed by atoms with Gasteiger partial charge in [0, 0.05) is 35.8 Å². The molecule has 0 spiro atoms. The van der Waals surface area contributed by atoms with Crippen LogP contribution in [0.4, 0.5) is 5.95 Å². The number of hydrogen-bond donors (Lipinski definition) is 0. The molecule has 4 heterocycles. The lowest BCUT2D eigenvalue weighted by atomic mass is 9.98. The predicted octanol–water partition coefficient (Wildman–Crippen LogP) is 3.49. The molecule has 0 bridgehead atoms. The average molecular weight is 449 g/mol. The van der Waals surface area contributed by atoms with Gasteiger partial charge in [0.05, 0.1) is 16.4 Å². The van der Waals surface area contributed by atoms with Crippen molar-refractivity contribution >= 4 is 17.3 Å². The summed E-state index contributed by atoms with van der Waals surface area (Å²) in [5, 5.41) is 14.5. The Morgan fingerprint density at radius 3 is 2.47 bits per heavy atom. The van der Waals surface area contributed by atoms with Crippen LogP contribution in [0.1, 0.15) is 40.8 Å². The molecule has 1 fully saturated rings. The van der Waals surface area contributed by atoms with E-state index in [0.717, 1.165) is 60.4 Å². The van der Waals surface area contributed by atoms with Crippen molar-refractivity contribution in [1.29, 1.82) is 0 Å². The van der Waals surface area contributed by atoms with Gasteiger partial charge in [-0.15, -0.1) is 16.4 Å². The molecule has 32 heavy (non-hydrogen) atoms. The van der Waals surface area contributed by atoms with Crippen LogP contribution in [-0.2, 0) is 6.61 Å². The van der Waals surface area contributed by atoms with Crippen molar-refractivity contribution in [2.45, 2.75) is 39.2 Å². The molecule has 9 nitrogen and oxygen atoms in total. The number of benzene rings is 1. The van der Waals surface area contributed by atoms with Gasteiger partial charge in [0.15, 0.2) is 0 Å². The van der Waals surface area contributed by atoms with E-state index in [1.807, 2.05) is 44.2 Å². The van der Waals surface area contributed by atoms with Gasteiger partial charge in [-0.2, -0.15) is 0 Å². The normalized spacial score (nSPS) is 14.6. The molecule has 1 aliphatic rings. The Hall–Kier alpha value is -3.40. The largest absolute Gasteiger partial charge is 0.487 e. The second-order valence-corrected chi connectivity index (χ2v) is 8.82. The average Bonchev–Trinajstić information content (AvgIpc) is 3.50. The Morgan fingerprint density at radius 1 is 1.03 bits per heavy atom. The number of anilines is 1. The van der Waals surface area contributed by atoms with Gasteiger partial charge in [0.25, 0.3) is 0 Å². The summed E-state index contributed by atoms with van der Waals surface area (Å²) in [4.78, 5) is 16.3. The van der Waals surface area contributed by atoms with Gasteiger partial charge < -0.3 is 9.64 Å². The molecule has 0 atom stereocenters. The summed E-state index contributed by atoms with van der Waals surface area (Å²) in [6, 6.07) is 9.68. The smallest absolute Gasteiger partial charge is 0.225 e. The van der Waals surface area contributed by atoms with Gasteiger partial charge in [-0.25, -0.2) is 19.6 Å². The lowest BCUT2D eigenvalue weighted by Gasteiger charge is -2.31. The number of ether oxygens (including phenoxy) is 1. The van der Waals surface area contributed by atoms with Crippen LogP contribution in [0.5, 0.6) is 5.75 Å². The molecule has 0 radical (unpaired) electrons. The molecule has 4 aromatic rings. The first-order chi connectivity index (χ1) is 15.6. The number of thiazole rings is 1. The van der Waals surface area contributed by atoms with Crippen molar-refractivity contribution in [2.24, 2.45) is 0 Å². The maximum atomic E-state index is 5.92. The minimum Gasteiger partial charge on any atom is -0.487 e. The van der Waals surface area contributed by atoms with Crippen molar-refractivity contribution in [3.8, 4) is 11.4 Å². The summed E-state index contributed by atoms with van der Waals surface area (Å²) in [6.45, 7) is 6.40. The molecule has 5 rings (SSSR count). The van der Waals surface area contributed by atoms with Gasteiger partial charge in [-0.3, -0.25) is 0 Å². The molecular formula is C22H24N8OS. The van der Waals surface area contributed by atoms with E-state index in [2.05, 4.69) is 35.8 Å². The van der Waals surface area contributed by atoms with Crippen LogP contribution in [0.3, 0.4) is 0 Å². The number of aryl methyl sites for hydroxylation is 2. The highest BCUT2D eigenvalue weighted by Gasteiger charge is 2.24. The number of aromatic nitrogens is 7. The lowest BCUT2D eigenvalue weighted by molar-refractivity contribution is 0.301. The molecule has 0 N–H and O–H groups in total. The van der Waals surface area contributed by atoms with Gasteiger partial charge in [-0.1, -0.05) is 0 Å². The highest BCUT2D eigenvalue weighted by Crippen LogP contribution is 2.31. The lowest BCUT2D eigenvalue weighted by Crippen LogP contribution is -2.34. The Labute approximate surface area is 190 Å². The number of rotatable bonds is 6. The fourth-order valence-electron chi connectivity index (χ4n) is 3.88. The van der Waals surface area contributed by atoms with Crippen LogP contribution in [-0.4, -0.2) is 48.2 Å². The van der Waals surface area contributed by atoms with Crippen molar-refractivity contribution in [1.82, 2.24) is 35.2 Å². The first-order valence-corrected chi connectivity index (χ1v) is 11.5. The standard InChI is InChI=1S/C22H24N8OS/c1-15-11-16(2)25-22(24-15)29-9-7-17(8-10-29)21-26-18(13-32-21)12-31-20-5-3-19(4-6-20)30-14-23-27-28-30/h3-6,11,13-14,17H,7-10,12H2,1-2H3. The third kappa shape index (κ3) is 4.59. The van der Waals surface area contributed by atoms with Crippen LogP contribution in [0.25, 0.3) is 5.69 Å². The van der Waals surface area contributed by atoms with E-state index in [1.165, 1.54) is 5.01 Å². The van der Waals surface area contributed by atoms with E-state index < -0.39 is 0 Å². The molecule has 0 unspecified atom stereocenters. The van der Waals surface area contributed by atoms with Crippen molar-refractivity contribution in [2.75, 3.05) is 18.0 Å². The summed E-state index contributed by atoms with van der Waals surface area (Å²) >= 11 is 1.73.